The minimum Gasteiger partial charge on any atom is -0.473 e. The number of anilines is 1. The fourth-order valence-corrected chi connectivity index (χ4v) is 2.54. The molecule has 0 heterocycles. The fourth-order valence-electron chi connectivity index (χ4n) is 2.34. The minimum absolute atomic E-state index is 0.431. The second-order valence-corrected chi connectivity index (χ2v) is 6.29. The summed E-state index contributed by atoms with van der Waals surface area (Å²) in [6.45, 7) is 2.06. The molecule has 3 aromatic rings. The summed E-state index contributed by atoms with van der Waals surface area (Å²) >= 11 is 8.29. The van der Waals surface area contributed by atoms with Gasteiger partial charge in [-0.25, -0.2) is 4.79 Å². The van der Waals surface area contributed by atoms with Gasteiger partial charge in [-0.2, -0.15) is 0 Å². The Labute approximate surface area is 163 Å². The molecule has 0 aliphatic carbocycles. The van der Waals surface area contributed by atoms with Crippen LogP contribution < -0.4 is 9.64 Å². The van der Waals surface area contributed by atoms with Crippen LogP contribution in [0.4, 0.5) is 10.5 Å². The molecule has 1 N–H and O–H groups in total. The maximum atomic E-state index is 8.86. The van der Waals surface area contributed by atoms with E-state index in [0.717, 1.165) is 16.8 Å². The smallest absolute Gasteiger partial charge is 0.361 e. The van der Waals surface area contributed by atoms with E-state index < -0.39 is 5.30 Å². The number of benzene rings is 3. The van der Waals surface area contributed by atoms with Crippen LogP contribution >= 0.6 is 24.8 Å². The van der Waals surface area contributed by atoms with Gasteiger partial charge in [0.05, 0.1) is 0 Å². The van der Waals surface area contributed by atoms with Gasteiger partial charge >= 0.3 is 5.30 Å². The summed E-state index contributed by atoms with van der Waals surface area (Å²) in [5, 5.41) is 8.90. The SMILES string of the molecule is Cc1cccc(N(C)C(=S)Oc2ccc3ccccc3c2)c1.O=C(O)S. The molecule has 0 saturated carbocycles. The quantitative estimate of drug-likeness (QED) is 0.448. The summed E-state index contributed by atoms with van der Waals surface area (Å²) in [6, 6.07) is 22.3. The summed E-state index contributed by atoms with van der Waals surface area (Å²) in [7, 11) is 1.91. The first kappa shape index (κ1) is 19.8. The Hall–Kier alpha value is -2.57. The van der Waals surface area contributed by atoms with Crippen molar-refractivity contribution in [1.82, 2.24) is 0 Å². The number of rotatable bonds is 2. The molecule has 0 radical (unpaired) electrons. The van der Waals surface area contributed by atoms with E-state index in [1.54, 1.807) is 0 Å². The largest absolute Gasteiger partial charge is 0.473 e. The van der Waals surface area contributed by atoms with Gasteiger partial charge in [-0.1, -0.05) is 55.1 Å². The Morgan fingerprint density at radius 1 is 1.04 bits per heavy atom. The number of thiol groups is 1. The molecular weight excluding hydrogens is 366 g/mol. The molecule has 0 aromatic heterocycles. The molecule has 0 saturated heterocycles. The zero-order chi connectivity index (χ0) is 19.1. The lowest BCUT2D eigenvalue weighted by Gasteiger charge is -2.20. The lowest BCUT2D eigenvalue weighted by atomic mass is 10.1. The van der Waals surface area contributed by atoms with Crippen LogP contribution in [0.3, 0.4) is 0 Å². The molecule has 0 aliphatic heterocycles. The maximum absolute atomic E-state index is 8.86. The zero-order valence-corrected chi connectivity index (χ0v) is 16.1. The van der Waals surface area contributed by atoms with Crippen molar-refractivity contribution in [3.8, 4) is 5.75 Å². The maximum Gasteiger partial charge on any atom is 0.361 e. The monoisotopic (exact) mass is 385 g/mol. The van der Waals surface area contributed by atoms with Crippen molar-refractivity contribution >= 4 is 51.8 Å². The average molecular weight is 386 g/mol. The Kier molecular flexibility index (Phi) is 7.00. The molecule has 6 heteroatoms. The lowest BCUT2D eigenvalue weighted by Crippen LogP contribution is -2.29. The van der Waals surface area contributed by atoms with Crippen molar-refractivity contribution in [3.05, 3.63) is 72.3 Å². The van der Waals surface area contributed by atoms with Crippen LogP contribution in [0.1, 0.15) is 5.56 Å². The topological polar surface area (TPSA) is 49.8 Å². The molecule has 0 aliphatic rings. The van der Waals surface area contributed by atoms with Crippen molar-refractivity contribution in [2.75, 3.05) is 11.9 Å². The van der Waals surface area contributed by atoms with Crippen molar-refractivity contribution in [2.45, 2.75) is 6.92 Å². The molecular formula is C20H19NO3S2. The highest BCUT2D eigenvalue weighted by Gasteiger charge is 2.09. The van der Waals surface area contributed by atoms with Crippen molar-refractivity contribution < 1.29 is 14.6 Å². The molecule has 0 bridgehead atoms. The van der Waals surface area contributed by atoms with E-state index in [1.807, 2.05) is 54.4 Å². The van der Waals surface area contributed by atoms with E-state index in [0.29, 0.717) is 5.17 Å². The summed E-state index contributed by atoms with van der Waals surface area (Å²) in [5.74, 6) is 0.753. The summed E-state index contributed by atoms with van der Waals surface area (Å²) < 4.78 is 5.84. The second-order valence-electron chi connectivity index (χ2n) is 5.56. The van der Waals surface area contributed by atoms with E-state index in [4.69, 9.17) is 26.9 Å². The van der Waals surface area contributed by atoms with Crippen molar-refractivity contribution in [1.29, 1.82) is 0 Å². The number of hydrogen-bond donors (Lipinski definition) is 2. The van der Waals surface area contributed by atoms with Gasteiger partial charge in [-0.05, 0) is 59.7 Å². The van der Waals surface area contributed by atoms with Gasteiger partial charge < -0.3 is 14.7 Å². The van der Waals surface area contributed by atoms with Gasteiger partial charge in [0.1, 0.15) is 5.75 Å². The molecule has 3 aromatic carbocycles. The van der Waals surface area contributed by atoms with Gasteiger partial charge in [0, 0.05) is 12.7 Å². The highest BCUT2D eigenvalue weighted by Crippen LogP contribution is 2.22. The first-order valence-electron chi connectivity index (χ1n) is 7.79. The molecule has 0 amide bonds. The normalized spacial score (nSPS) is 9.81. The summed E-state index contributed by atoms with van der Waals surface area (Å²) in [6.07, 6.45) is 0. The van der Waals surface area contributed by atoms with E-state index >= 15 is 0 Å². The number of carboxylic acid groups (broad SMARTS) is 1. The molecule has 4 nitrogen and oxygen atoms in total. The van der Waals surface area contributed by atoms with Crippen LogP contribution in [0.5, 0.6) is 5.75 Å². The molecule has 0 spiro atoms. The first-order chi connectivity index (χ1) is 12.4. The predicted octanol–water partition coefficient (Wildman–Crippen LogP) is 5.54. The second kappa shape index (κ2) is 9.22. The summed E-state index contributed by atoms with van der Waals surface area (Å²) in [4.78, 5) is 10.7. The Morgan fingerprint density at radius 2 is 1.69 bits per heavy atom. The number of thiocarbonyl (C=S) groups is 1. The van der Waals surface area contributed by atoms with Crippen LogP contribution in [0.2, 0.25) is 0 Å². The molecule has 26 heavy (non-hydrogen) atoms. The van der Waals surface area contributed by atoms with Crippen LogP contribution in [-0.4, -0.2) is 22.6 Å². The zero-order valence-electron chi connectivity index (χ0n) is 14.4. The molecule has 134 valence electrons. The molecule has 0 atom stereocenters. The fraction of sp³-hybridized carbons (Fsp3) is 0.100. The standard InChI is InChI=1S/C19H17NOS.CH2O2S/c1-14-6-5-9-17(12-14)20(2)19(22)21-18-11-10-15-7-3-4-8-16(15)13-18;2-1(3)4/h3-13H,1-2H3;4H,(H,2,3). The molecule has 0 unspecified atom stereocenters. The number of carbonyl (C=O) groups is 1. The number of ether oxygens (including phenoxy) is 1. The van der Waals surface area contributed by atoms with Crippen LogP contribution in [0.15, 0.2) is 66.7 Å². The van der Waals surface area contributed by atoms with E-state index in [-0.39, 0.29) is 0 Å². The molecule has 0 fully saturated rings. The Balaban J connectivity index is 0.000000552. The first-order valence-corrected chi connectivity index (χ1v) is 8.65. The highest BCUT2D eigenvalue weighted by atomic mass is 32.1. The highest BCUT2D eigenvalue weighted by molar-refractivity contribution is 7.96. The number of fused-ring (bicyclic) bond motifs is 1. The summed E-state index contributed by atoms with van der Waals surface area (Å²) in [5.41, 5.74) is 2.21. The molecule has 3 rings (SSSR count). The van der Waals surface area contributed by atoms with Gasteiger partial charge in [0.2, 0.25) is 0 Å². The van der Waals surface area contributed by atoms with E-state index in [1.165, 1.54) is 10.9 Å². The third-order valence-electron chi connectivity index (χ3n) is 3.59. The van der Waals surface area contributed by atoms with Gasteiger partial charge in [0.15, 0.2) is 0 Å². The third kappa shape index (κ3) is 5.75. The Morgan fingerprint density at radius 3 is 2.35 bits per heavy atom. The number of aryl methyl sites for hydroxylation is 1. The van der Waals surface area contributed by atoms with E-state index in [9.17, 15) is 0 Å². The van der Waals surface area contributed by atoms with Crippen molar-refractivity contribution in [3.63, 3.8) is 0 Å². The van der Waals surface area contributed by atoms with E-state index in [2.05, 4.69) is 43.8 Å². The average Bonchev–Trinajstić information content (AvgIpc) is 2.60. The van der Waals surface area contributed by atoms with Gasteiger partial charge in [-0.15, -0.1) is 0 Å². The number of hydrogen-bond acceptors (Lipinski definition) is 3. The van der Waals surface area contributed by atoms with Gasteiger partial charge in [-0.3, -0.25) is 0 Å². The lowest BCUT2D eigenvalue weighted by molar-refractivity contribution is 0.222. The van der Waals surface area contributed by atoms with Crippen LogP contribution in [-0.2, 0) is 0 Å². The minimum atomic E-state index is -1.14. The number of nitrogens with zero attached hydrogens (tertiary/aromatic N) is 1. The predicted molar refractivity (Wildman–Crippen MR) is 114 cm³/mol. The van der Waals surface area contributed by atoms with Crippen LogP contribution in [0.25, 0.3) is 10.8 Å². The van der Waals surface area contributed by atoms with Crippen molar-refractivity contribution in [2.24, 2.45) is 0 Å². The third-order valence-corrected chi connectivity index (χ3v) is 3.95. The van der Waals surface area contributed by atoms with Gasteiger partial charge in [0.25, 0.3) is 5.17 Å². The Bertz CT molecular complexity index is 924. The van der Waals surface area contributed by atoms with Crippen LogP contribution in [0, 0.1) is 6.92 Å².